The van der Waals surface area contributed by atoms with Crippen molar-refractivity contribution in [2.75, 3.05) is 7.11 Å². The van der Waals surface area contributed by atoms with E-state index < -0.39 is 0 Å². The van der Waals surface area contributed by atoms with Crippen LogP contribution in [-0.2, 0) is 0 Å². The van der Waals surface area contributed by atoms with E-state index in [1.54, 1.807) is 24.5 Å². The molecule has 0 bridgehead atoms. The average molecular weight is 271 g/mol. The number of ether oxygens (including phenoxy) is 1. The number of alkyl halides is 1. The van der Waals surface area contributed by atoms with E-state index in [0.29, 0.717) is 11.3 Å². The lowest BCUT2D eigenvalue weighted by atomic mass is 10.1. The summed E-state index contributed by atoms with van der Waals surface area (Å²) in [6.45, 7) is 1.99. The van der Waals surface area contributed by atoms with E-state index >= 15 is 0 Å². The van der Waals surface area contributed by atoms with E-state index in [1.165, 1.54) is 12.1 Å². The molecule has 1 nitrogen and oxygen atoms in total. The summed E-state index contributed by atoms with van der Waals surface area (Å²) in [7, 11) is 1.56. The summed E-state index contributed by atoms with van der Waals surface area (Å²) in [5.41, 5.74) is 1.78. The molecule has 0 N–H and O–H groups in total. The molecule has 1 unspecified atom stereocenters. The zero-order valence-corrected chi connectivity index (χ0v) is 11.1. The second-order valence-electron chi connectivity index (χ2n) is 3.72. The van der Waals surface area contributed by atoms with Crippen molar-refractivity contribution in [2.45, 2.75) is 12.3 Å². The number of benzene rings is 1. The number of halogens is 2. The van der Waals surface area contributed by atoms with Crippen molar-refractivity contribution in [1.29, 1.82) is 0 Å². The first-order chi connectivity index (χ1) is 8.13. The summed E-state index contributed by atoms with van der Waals surface area (Å²) in [5, 5.41) is 1.60. The van der Waals surface area contributed by atoms with Crippen LogP contribution in [0.2, 0.25) is 0 Å². The summed E-state index contributed by atoms with van der Waals surface area (Å²) < 4.78 is 18.5. The molecule has 1 aromatic heterocycles. The van der Waals surface area contributed by atoms with Gasteiger partial charge in [0.05, 0.1) is 12.5 Å². The Morgan fingerprint density at radius 1 is 1.35 bits per heavy atom. The minimum Gasteiger partial charge on any atom is -0.496 e. The van der Waals surface area contributed by atoms with Gasteiger partial charge in [0.1, 0.15) is 11.6 Å². The van der Waals surface area contributed by atoms with Gasteiger partial charge >= 0.3 is 0 Å². The van der Waals surface area contributed by atoms with Gasteiger partial charge in [-0.2, -0.15) is 0 Å². The molecule has 0 aliphatic heterocycles. The Morgan fingerprint density at radius 3 is 2.71 bits per heavy atom. The van der Waals surface area contributed by atoms with Crippen LogP contribution in [0.4, 0.5) is 4.39 Å². The Bertz CT molecular complexity index is 524. The molecule has 0 radical (unpaired) electrons. The number of hydrogen-bond donors (Lipinski definition) is 0. The van der Waals surface area contributed by atoms with Gasteiger partial charge in [0.25, 0.3) is 0 Å². The summed E-state index contributed by atoms with van der Waals surface area (Å²) in [6, 6.07) is 6.40. The molecule has 0 aliphatic carbocycles. The van der Waals surface area contributed by atoms with E-state index in [2.05, 4.69) is 0 Å². The van der Waals surface area contributed by atoms with Crippen molar-refractivity contribution in [2.24, 2.45) is 0 Å². The summed E-state index contributed by atoms with van der Waals surface area (Å²) in [4.78, 5) is 1.02. The molecule has 0 fully saturated rings. The van der Waals surface area contributed by atoms with E-state index in [4.69, 9.17) is 16.3 Å². The zero-order valence-electron chi connectivity index (χ0n) is 9.54. The minimum absolute atomic E-state index is 0.305. The van der Waals surface area contributed by atoms with Crippen molar-refractivity contribution in [3.63, 3.8) is 0 Å². The van der Waals surface area contributed by atoms with Gasteiger partial charge in [-0.25, -0.2) is 4.39 Å². The van der Waals surface area contributed by atoms with E-state index in [0.717, 1.165) is 10.4 Å². The highest BCUT2D eigenvalue weighted by Crippen LogP contribution is 2.39. The van der Waals surface area contributed by atoms with Crippen LogP contribution in [0, 0.1) is 12.7 Å². The van der Waals surface area contributed by atoms with Crippen LogP contribution in [0.3, 0.4) is 0 Å². The Morgan fingerprint density at radius 2 is 2.12 bits per heavy atom. The molecule has 0 saturated carbocycles. The van der Waals surface area contributed by atoms with Crippen LogP contribution in [0.1, 0.15) is 21.4 Å². The van der Waals surface area contributed by atoms with Gasteiger partial charge in [-0.05, 0) is 42.1 Å². The van der Waals surface area contributed by atoms with Gasteiger partial charge in [0, 0.05) is 10.4 Å². The first-order valence-electron chi connectivity index (χ1n) is 5.15. The Kier molecular flexibility index (Phi) is 3.69. The highest BCUT2D eigenvalue weighted by molar-refractivity contribution is 7.10. The second-order valence-corrected chi connectivity index (χ2v) is 5.10. The molecule has 17 heavy (non-hydrogen) atoms. The van der Waals surface area contributed by atoms with Gasteiger partial charge in [-0.15, -0.1) is 22.9 Å². The standard InChI is InChI=1S/C13H12ClFOS/c1-8-5-6-17-13(8)12(14)10-7-9(15)3-4-11(10)16-2/h3-7,12H,1-2H3. The highest BCUT2D eigenvalue weighted by atomic mass is 35.5. The van der Waals surface area contributed by atoms with Crippen LogP contribution < -0.4 is 4.74 Å². The lowest BCUT2D eigenvalue weighted by Crippen LogP contribution is -1.98. The fraction of sp³-hybridized carbons (Fsp3) is 0.231. The molecule has 0 aliphatic rings. The SMILES string of the molecule is COc1ccc(F)cc1C(Cl)c1sccc1C. The molecular weight excluding hydrogens is 259 g/mol. The van der Waals surface area contributed by atoms with Crippen LogP contribution in [0.15, 0.2) is 29.6 Å². The van der Waals surface area contributed by atoms with Crippen LogP contribution in [0.25, 0.3) is 0 Å². The lowest BCUT2D eigenvalue weighted by molar-refractivity contribution is 0.409. The van der Waals surface area contributed by atoms with Gasteiger partial charge in [-0.3, -0.25) is 0 Å². The van der Waals surface area contributed by atoms with Crippen LogP contribution >= 0.6 is 22.9 Å². The largest absolute Gasteiger partial charge is 0.496 e. The maximum Gasteiger partial charge on any atom is 0.124 e. The maximum atomic E-state index is 13.3. The molecule has 2 rings (SSSR count). The monoisotopic (exact) mass is 270 g/mol. The summed E-state index contributed by atoms with van der Waals surface area (Å²) >= 11 is 7.97. The van der Waals surface area contributed by atoms with Crippen molar-refractivity contribution in [1.82, 2.24) is 0 Å². The van der Waals surface area contributed by atoms with Gasteiger partial charge in [0.15, 0.2) is 0 Å². The van der Waals surface area contributed by atoms with Crippen LogP contribution in [0.5, 0.6) is 5.75 Å². The second kappa shape index (κ2) is 5.07. The molecule has 0 amide bonds. The van der Waals surface area contributed by atoms with Crippen LogP contribution in [-0.4, -0.2) is 7.11 Å². The van der Waals surface area contributed by atoms with Gasteiger partial charge in [-0.1, -0.05) is 0 Å². The molecule has 4 heteroatoms. The zero-order chi connectivity index (χ0) is 12.4. The van der Waals surface area contributed by atoms with E-state index in [9.17, 15) is 4.39 Å². The molecule has 0 spiro atoms. The number of thiophene rings is 1. The van der Waals surface area contributed by atoms with Crippen molar-refractivity contribution < 1.29 is 9.13 Å². The van der Waals surface area contributed by atoms with Crippen molar-refractivity contribution in [3.8, 4) is 5.75 Å². The quantitative estimate of drug-likeness (QED) is 0.745. The fourth-order valence-corrected chi connectivity index (χ4v) is 3.10. The van der Waals surface area contributed by atoms with Gasteiger partial charge < -0.3 is 4.74 Å². The fourth-order valence-electron chi connectivity index (χ4n) is 1.69. The molecule has 0 saturated heterocycles. The number of hydrogen-bond acceptors (Lipinski definition) is 2. The lowest BCUT2D eigenvalue weighted by Gasteiger charge is -2.13. The third-order valence-electron chi connectivity index (χ3n) is 2.60. The topological polar surface area (TPSA) is 9.23 Å². The molecular formula is C13H12ClFOS. The Hall–Kier alpha value is -1.06. The summed E-state index contributed by atoms with van der Waals surface area (Å²) in [5.74, 6) is 0.305. The molecule has 1 atom stereocenters. The summed E-state index contributed by atoms with van der Waals surface area (Å²) in [6.07, 6.45) is 0. The third kappa shape index (κ3) is 2.45. The van der Waals surface area contributed by atoms with E-state index in [-0.39, 0.29) is 11.2 Å². The Balaban J connectivity index is 2.46. The van der Waals surface area contributed by atoms with Gasteiger partial charge in [0.2, 0.25) is 0 Å². The minimum atomic E-state index is -0.374. The predicted octanol–water partition coefficient (Wildman–Crippen LogP) is 4.53. The normalized spacial score (nSPS) is 12.5. The number of methoxy groups -OCH3 is 1. The predicted molar refractivity (Wildman–Crippen MR) is 69.7 cm³/mol. The highest BCUT2D eigenvalue weighted by Gasteiger charge is 2.19. The maximum absolute atomic E-state index is 13.3. The number of rotatable bonds is 3. The van der Waals surface area contributed by atoms with E-state index in [1.807, 2.05) is 18.4 Å². The first-order valence-corrected chi connectivity index (χ1v) is 6.46. The molecule has 2 aromatic rings. The first kappa shape index (κ1) is 12.4. The number of aryl methyl sites for hydroxylation is 1. The average Bonchev–Trinajstić information content (AvgIpc) is 2.74. The van der Waals surface area contributed by atoms with Crippen molar-refractivity contribution in [3.05, 3.63) is 51.5 Å². The third-order valence-corrected chi connectivity index (χ3v) is 4.26. The molecule has 1 heterocycles. The Labute approximate surface area is 109 Å². The smallest absolute Gasteiger partial charge is 0.124 e. The molecule has 1 aromatic carbocycles. The van der Waals surface area contributed by atoms with Crippen molar-refractivity contribution >= 4 is 22.9 Å². The molecule has 90 valence electrons.